The molecule has 7 nitrogen and oxygen atoms in total. The van der Waals surface area contributed by atoms with Crippen LogP contribution in [0.2, 0.25) is 0 Å². The molecule has 162 valence electrons. The molecule has 1 heterocycles. The number of nitrogens with zero attached hydrogens (tertiary/aromatic N) is 1. The highest BCUT2D eigenvalue weighted by Gasteiger charge is 2.17. The summed E-state index contributed by atoms with van der Waals surface area (Å²) in [5.41, 5.74) is 5.33. The van der Waals surface area contributed by atoms with Crippen LogP contribution in [0.5, 0.6) is 0 Å². The number of rotatable bonds is 7. The van der Waals surface area contributed by atoms with Crippen molar-refractivity contribution in [3.8, 4) is 0 Å². The van der Waals surface area contributed by atoms with Gasteiger partial charge >= 0.3 is 5.97 Å². The summed E-state index contributed by atoms with van der Waals surface area (Å²) in [6, 6.07) is 11.2. The topological polar surface area (TPSA) is 88.9 Å². The normalized spacial score (nSPS) is 10.7. The van der Waals surface area contributed by atoms with Gasteiger partial charge in [0.1, 0.15) is 5.58 Å². The number of carbonyl (C=O) groups excluding carboxylic acids is 3. The highest BCUT2D eigenvalue weighted by molar-refractivity contribution is 5.95. The van der Waals surface area contributed by atoms with Gasteiger partial charge in [0.05, 0.1) is 19.2 Å². The van der Waals surface area contributed by atoms with E-state index in [1.165, 1.54) is 11.9 Å². The van der Waals surface area contributed by atoms with Crippen LogP contribution in [0.4, 0.5) is 5.69 Å². The Balaban J connectivity index is 1.48. The zero-order valence-electron chi connectivity index (χ0n) is 18.2. The Morgan fingerprint density at radius 1 is 1.03 bits per heavy atom. The number of esters is 1. The van der Waals surface area contributed by atoms with Crippen molar-refractivity contribution in [1.29, 1.82) is 0 Å². The Kier molecular flexibility index (Phi) is 6.74. The van der Waals surface area contributed by atoms with Gasteiger partial charge in [-0.15, -0.1) is 0 Å². The maximum atomic E-state index is 12.2. The van der Waals surface area contributed by atoms with Gasteiger partial charge in [-0.1, -0.05) is 29.8 Å². The van der Waals surface area contributed by atoms with Crippen LogP contribution in [0.25, 0.3) is 11.0 Å². The monoisotopic (exact) mass is 422 g/mol. The number of anilines is 1. The van der Waals surface area contributed by atoms with Crippen LogP contribution in [0.15, 0.2) is 47.1 Å². The number of ether oxygens (including phenoxy) is 1. The fourth-order valence-corrected chi connectivity index (χ4v) is 3.13. The first-order valence-electron chi connectivity index (χ1n) is 9.97. The number of carbonyl (C=O) groups is 3. The van der Waals surface area contributed by atoms with Crippen molar-refractivity contribution in [2.24, 2.45) is 0 Å². The van der Waals surface area contributed by atoms with Gasteiger partial charge in [-0.2, -0.15) is 0 Å². The maximum Gasteiger partial charge on any atom is 0.310 e. The molecule has 3 rings (SSSR count). The molecule has 0 radical (unpaired) electrons. The lowest BCUT2D eigenvalue weighted by atomic mass is 10.0. The average Bonchev–Trinajstić information content (AvgIpc) is 3.13. The molecule has 0 spiro atoms. The van der Waals surface area contributed by atoms with E-state index in [9.17, 15) is 14.4 Å². The fourth-order valence-electron chi connectivity index (χ4n) is 3.13. The number of fused-ring (bicyclic) bond motifs is 1. The van der Waals surface area contributed by atoms with Crippen molar-refractivity contribution in [3.05, 3.63) is 64.9 Å². The smallest absolute Gasteiger partial charge is 0.310 e. The SMILES string of the molecule is Cc1ccc(NC(=O)CN(C)C(=O)COC(=O)Cc2coc3c(C)c(C)ccc23)cc1. The third-order valence-corrected chi connectivity index (χ3v) is 5.17. The first kappa shape index (κ1) is 22.1. The second kappa shape index (κ2) is 9.47. The summed E-state index contributed by atoms with van der Waals surface area (Å²) in [5, 5.41) is 3.58. The van der Waals surface area contributed by atoms with Crippen LogP contribution >= 0.6 is 0 Å². The minimum atomic E-state index is -0.535. The zero-order valence-corrected chi connectivity index (χ0v) is 18.2. The minimum absolute atomic E-state index is 0.000402. The van der Waals surface area contributed by atoms with Gasteiger partial charge < -0.3 is 19.4 Å². The van der Waals surface area contributed by atoms with Crippen molar-refractivity contribution in [3.63, 3.8) is 0 Å². The number of likely N-dealkylation sites (N-methyl/N-ethyl adjacent to an activating group) is 1. The fraction of sp³-hybridized carbons (Fsp3) is 0.292. The molecule has 31 heavy (non-hydrogen) atoms. The van der Waals surface area contributed by atoms with E-state index >= 15 is 0 Å². The number of hydrogen-bond donors (Lipinski definition) is 1. The van der Waals surface area contributed by atoms with Crippen LogP contribution in [0.3, 0.4) is 0 Å². The Morgan fingerprint density at radius 2 is 1.74 bits per heavy atom. The Bertz CT molecular complexity index is 1110. The minimum Gasteiger partial charge on any atom is -0.464 e. The largest absolute Gasteiger partial charge is 0.464 e. The molecule has 2 amide bonds. The molecule has 0 unspecified atom stereocenters. The maximum absolute atomic E-state index is 12.2. The molecular formula is C24H26N2O5. The zero-order chi connectivity index (χ0) is 22.5. The van der Waals surface area contributed by atoms with Gasteiger partial charge in [0.15, 0.2) is 6.61 Å². The van der Waals surface area contributed by atoms with Gasteiger partial charge in [0.25, 0.3) is 5.91 Å². The number of aryl methyl sites for hydroxylation is 3. The van der Waals surface area contributed by atoms with E-state index in [0.29, 0.717) is 11.3 Å². The van der Waals surface area contributed by atoms with Crippen molar-refractivity contribution >= 4 is 34.4 Å². The summed E-state index contributed by atoms with van der Waals surface area (Å²) in [7, 11) is 1.49. The lowest BCUT2D eigenvalue weighted by Crippen LogP contribution is -2.37. The third-order valence-electron chi connectivity index (χ3n) is 5.17. The molecule has 0 saturated carbocycles. The van der Waals surface area contributed by atoms with Crippen LogP contribution < -0.4 is 5.32 Å². The van der Waals surface area contributed by atoms with Crippen molar-refractivity contribution in [2.45, 2.75) is 27.2 Å². The van der Waals surface area contributed by atoms with Crippen molar-refractivity contribution < 1.29 is 23.5 Å². The number of hydrogen-bond acceptors (Lipinski definition) is 5. The van der Waals surface area contributed by atoms with Crippen molar-refractivity contribution in [2.75, 3.05) is 25.5 Å². The quantitative estimate of drug-likeness (QED) is 0.589. The predicted molar refractivity (Wildman–Crippen MR) is 118 cm³/mol. The predicted octanol–water partition coefficient (Wildman–Crippen LogP) is 3.54. The van der Waals surface area contributed by atoms with Gasteiger partial charge in [0, 0.05) is 23.7 Å². The van der Waals surface area contributed by atoms with E-state index in [4.69, 9.17) is 9.15 Å². The van der Waals surface area contributed by atoms with E-state index in [1.807, 2.05) is 45.0 Å². The second-order valence-electron chi connectivity index (χ2n) is 7.65. The Hall–Kier alpha value is -3.61. The molecule has 0 bridgehead atoms. The summed E-state index contributed by atoms with van der Waals surface area (Å²) in [5.74, 6) is -1.33. The average molecular weight is 422 g/mol. The van der Waals surface area contributed by atoms with Crippen LogP contribution in [0.1, 0.15) is 22.3 Å². The molecule has 3 aromatic rings. The number of amides is 2. The lowest BCUT2D eigenvalue weighted by Gasteiger charge is -2.16. The van der Waals surface area contributed by atoms with Crippen LogP contribution in [0, 0.1) is 20.8 Å². The summed E-state index contributed by atoms with van der Waals surface area (Å²) in [6.45, 7) is 5.34. The molecular weight excluding hydrogens is 396 g/mol. The number of benzene rings is 2. The molecule has 0 saturated heterocycles. The molecule has 0 aliphatic carbocycles. The summed E-state index contributed by atoms with van der Waals surface area (Å²) >= 11 is 0. The molecule has 7 heteroatoms. The van der Waals surface area contributed by atoms with Gasteiger partial charge in [-0.3, -0.25) is 14.4 Å². The van der Waals surface area contributed by atoms with Gasteiger partial charge in [-0.05, 0) is 44.0 Å². The molecule has 1 N–H and O–H groups in total. The highest BCUT2D eigenvalue weighted by Crippen LogP contribution is 2.26. The lowest BCUT2D eigenvalue weighted by molar-refractivity contribution is -0.151. The van der Waals surface area contributed by atoms with Crippen LogP contribution in [-0.4, -0.2) is 42.9 Å². The summed E-state index contributed by atoms with van der Waals surface area (Å²) in [6.07, 6.45) is 1.54. The highest BCUT2D eigenvalue weighted by atomic mass is 16.5. The molecule has 0 aliphatic rings. The first-order valence-corrected chi connectivity index (χ1v) is 9.97. The first-order chi connectivity index (χ1) is 14.7. The third kappa shape index (κ3) is 5.51. The van der Waals surface area contributed by atoms with E-state index in [2.05, 4.69) is 5.32 Å². The number of nitrogens with one attached hydrogen (secondary N) is 1. The Labute approximate surface area is 181 Å². The second-order valence-corrected chi connectivity index (χ2v) is 7.65. The number of furan rings is 1. The summed E-state index contributed by atoms with van der Waals surface area (Å²) < 4.78 is 10.7. The van der Waals surface area contributed by atoms with Gasteiger partial charge in [-0.25, -0.2) is 0 Å². The van der Waals surface area contributed by atoms with Crippen molar-refractivity contribution in [1.82, 2.24) is 4.90 Å². The standard InChI is InChI=1S/C24H26N2O5/c1-15-5-8-19(9-6-15)25-21(27)12-26(4)22(28)14-30-23(29)11-18-13-31-24-17(3)16(2)7-10-20(18)24/h5-10,13H,11-12,14H2,1-4H3,(H,25,27). The van der Waals surface area contributed by atoms with Crippen LogP contribution in [-0.2, 0) is 25.5 Å². The molecule has 0 fully saturated rings. The van der Waals surface area contributed by atoms with E-state index in [-0.39, 0.29) is 18.9 Å². The van der Waals surface area contributed by atoms with E-state index in [1.54, 1.807) is 18.4 Å². The molecule has 0 aliphatic heterocycles. The molecule has 2 aromatic carbocycles. The van der Waals surface area contributed by atoms with Gasteiger partial charge in [0.2, 0.25) is 5.91 Å². The van der Waals surface area contributed by atoms with E-state index in [0.717, 1.165) is 27.7 Å². The van der Waals surface area contributed by atoms with E-state index < -0.39 is 18.5 Å². The Morgan fingerprint density at radius 3 is 2.45 bits per heavy atom. The molecule has 0 atom stereocenters. The molecule has 1 aromatic heterocycles. The summed E-state index contributed by atoms with van der Waals surface area (Å²) in [4.78, 5) is 37.8.